The van der Waals surface area contributed by atoms with Crippen LogP contribution in [-0.4, -0.2) is 47.3 Å². The second-order valence-corrected chi connectivity index (χ2v) is 7.72. The van der Waals surface area contributed by atoms with Crippen LogP contribution in [0.4, 0.5) is 0 Å². The van der Waals surface area contributed by atoms with E-state index in [2.05, 4.69) is 22.9 Å². The van der Waals surface area contributed by atoms with Crippen LogP contribution in [0.3, 0.4) is 0 Å². The van der Waals surface area contributed by atoms with Crippen LogP contribution in [0.5, 0.6) is 0 Å². The van der Waals surface area contributed by atoms with E-state index in [4.69, 9.17) is 0 Å². The minimum absolute atomic E-state index is 0.117. The fourth-order valence-corrected chi connectivity index (χ4v) is 4.38. The quantitative estimate of drug-likeness (QED) is 0.678. The molecule has 3 amide bonds. The third-order valence-corrected chi connectivity index (χ3v) is 6.00. The Hall–Kier alpha value is -2.25. The normalized spacial score (nSPS) is 28.3. The number of rotatable bonds is 4. The topological polar surface area (TPSA) is 90.5 Å². The van der Waals surface area contributed by atoms with Crippen LogP contribution in [-0.2, 0) is 22.7 Å². The second-order valence-electron chi connectivity index (χ2n) is 7.72. The molecule has 3 heterocycles. The summed E-state index contributed by atoms with van der Waals surface area (Å²) >= 11 is 0. The molecule has 3 aliphatic heterocycles. The standard InChI is InChI=1S/C20H26N4O3/c1-12-16(6-3-9-21-12)22-10-13-4-2-5-14-15(13)11-24(20(14)27)17-7-8-18(25)23-19(17)26/h2,4-5,12,16-17,21-22H,3,6-11H2,1H3,(H,23,25,26)/t12-,16+,17?/m0/s1. The van der Waals surface area contributed by atoms with E-state index >= 15 is 0 Å². The first-order valence-corrected chi connectivity index (χ1v) is 9.77. The van der Waals surface area contributed by atoms with Crippen LogP contribution in [0, 0.1) is 0 Å². The van der Waals surface area contributed by atoms with Crippen molar-refractivity contribution in [3.05, 3.63) is 34.9 Å². The summed E-state index contributed by atoms with van der Waals surface area (Å²) in [5.74, 6) is -0.747. The second kappa shape index (κ2) is 7.40. The van der Waals surface area contributed by atoms with Crippen molar-refractivity contribution in [2.24, 2.45) is 0 Å². The Balaban J connectivity index is 1.49. The number of carbonyl (C=O) groups is 3. The van der Waals surface area contributed by atoms with Gasteiger partial charge in [0, 0.05) is 37.2 Å². The third-order valence-electron chi connectivity index (χ3n) is 6.00. The van der Waals surface area contributed by atoms with Crippen LogP contribution >= 0.6 is 0 Å². The molecule has 2 fully saturated rings. The van der Waals surface area contributed by atoms with Gasteiger partial charge in [0.2, 0.25) is 11.8 Å². The first kappa shape index (κ1) is 18.1. The summed E-state index contributed by atoms with van der Waals surface area (Å²) < 4.78 is 0. The number of carbonyl (C=O) groups excluding carboxylic acids is 3. The van der Waals surface area contributed by atoms with E-state index in [0.29, 0.717) is 37.2 Å². The summed E-state index contributed by atoms with van der Waals surface area (Å²) in [6, 6.07) is 6.07. The zero-order valence-corrected chi connectivity index (χ0v) is 15.6. The van der Waals surface area contributed by atoms with Crippen molar-refractivity contribution in [1.29, 1.82) is 0 Å². The average Bonchev–Trinajstić information content (AvgIpc) is 2.98. The zero-order chi connectivity index (χ0) is 19.0. The average molecular weight is 370 g/mol. The van der Waals surface area contributed by atoms with Crippen LogP contribution in [0.15, 0.2) is 18.2 Å². The number of nitrogens with one attached hydrogen (secondary N) is 3. The summed E-state index contributed by atoms with van der Waals surface area (Å²) in [7, 11) is 0. The molecule has 0 aromatic heterocycles. The van der Waals surface area contributed by atoms with E-state index in [1.807, 2.05) is 18.2 Å². The van der Waals surface area contributed by atoms with Gasteiger partial charge in [-0.3, -0.25) is 19.7 Å². The van der Waals surface area contributed by atoms with Gasteiger partial charge in [-0.2, -0.15) is 0 Å². The van der Waals surface area contributed by atoms with Crippen LogP contribution in [0.1, 0.15) is 54.1 Å². The lowest BCUT2D eigenvalue weighted by Gasteiger charge is -2.31. The van der Waals surface area contributed by atoms with Gasteiger partial charge >= 0.3 is 0 Å². The van der Waals surface area contributed by atoms with Crippen molar-refractivity contribution in [2.45, 2.75) is 63.8 Å². The van der Waals surface area contributed by atoms with Gasteiger partial charge in [-0.05, 0) is 49.9 Å². The van der Waals surface area contributed by atoms with E-state index in [-0.39, 0.29) is 24.1 Å². The third kappa shape index (κ3) is 3.49. The molecule has 0 aliphatic carbocycles. The van der Waals surface area contributed by atoms with Gasteiger partial charge in [0.15, 0.2) is 0 Å². The van der Waals surface area contributed by atoms with Gasteiger partial charge < -0.3 is 15.5 Å². The summed E-state index contributed by atoms with van der Waals surface area (Å²) in [5.41, 5.74) is 2.78. The highest BCUT2D eigenvalue weighted by molar-refractivity contribution is 6.05. The van der Waals surface area contributed by atoms with E-state index in [9.17, 15) is 14.4 Å². The molecule has 0 saturated carbocycles. The number of hydrogen-bond donors (Lipinski definition) is 3. The van der Waals surface area contributed by atoms with Gasteiger partial charge in [-0.1, -0.05) is 12.1 Å². The Kier molecular flexibility index (Phi) is 4.97. The predicted molar refractivity (Wildman–Crippen MR) is 99.8 cm³/mol. The molecule has 1 aromatic carbocycles. The van der Waals surface area contributed by atoms with E-state index in [1.54, 1.807) is 4.90 Å². The molecule has 144 valence electrons. The van der Waals surface area contributed by atoms with Gasteiger partial charge in [0.05, 0.1) is 0 Å². The molecule has 7 nitrogen and oxygen atoms in total. The largest absolute Gasteiger partial charge is 0.322 e. The van der Waals surface area contributed by atoms with E-state index in [0.717, 1.165) is 30.5 Å². The van der Waals surface area contributed by atoms with Crippen LogP contribution in [0.25, 0.3) is 0 Å². The lowest BCUT2D eigenvalue weighted by molar-refractivity contribution is -0.136. The SMILES string of the molecule is C[C@@H]1NCCC[C@H]1NCc1cccc2c1CN(C1CCC(=O)NC1=O)C2=O. The Morgan fingerprint density at radius 2 is 2.07 bits per heavy atom. The maximum Gasteiger partial charge on any atom is 0.255 e. The highest BCUT2D eigenvalue weighted by atomic mass is 16.2. The lowest BCUT2D eigenvalue weighted by Crippen LogP contribution is -2.52. The lowest BCUT2D eigenvalue weighted by atomic mass is 9.98. The molecule has 3 atom stereocenters. The minimum atomic E-state index is -0.564. The fraction of sp³-hybridized carbons (Fsp3) is 0.550. The molecule has 4 rings (SSSR count). The molecule has 3 aliphatic rings. The molecule has 27 heavy (non-hydrogen) atoms. The Labute approximate surface area is 158 Å². The number of imide groups is 1. The van der Waals surface area contributed by atoms with E-state index < -0.39 is 6.04 Å². The Morgan fingerprint density at radius 1 is 1.22 bits per heavy atom. The van der Waals surface area contributed by atoms with Crippen molar-refractivity contribution in [3.8, 4) is 0 Å². The molecule has 0 spiro atoms. The van der Waals surface area contributed by atoms with Crippen molar-refractivity contribution in [2.75, 3.05) is 6.54 Å². The number of hydrogen-bond acceptors (Lipinski definition) is 5. The van der Waals surface area contributed by atoms with E-state index in [1.165, 1.54) is 0 Å². The number of benzene rings is 1. The van der Waals surface area contributed by atoms with Gasteiger partial charge in [0.25, 0.3) is 5.91 Å². The molecular weight excluding hydrogens is 344 g/mol. The monoisotopic (exact) mass is 370 g/mol. The molecule has 2 saturated heterocycles. The molecule has 7 heteroatoms. The zero-order valence-electron chi connectivity index (χ0n) is 15.6. The van der Waals surface area contributed by atoms with Crippen molar-refractivity contribution < 1.29 is 14.4 Å². The van der Waals surface area contributed by atoms with Crippen molar-refractivity contribution >= 4 is 17.7 Å². The molecule has 0 radical (unpaired) electrons. The number of piperidine rings is 2. The summed E-state index contributed by atoms with van der Waals surface area (Å²) in [6.07, 6.45) is 2.97. The first-order chi connectivity index (χ1) is 13.0. The summed E-state index contributed by atoms with van der Waals surface area (Å²) in [6.45, 7) is 4.39. The molecule has 3 N–H and O–H groups in total. The van der Waals surface area contributed by atoms with Gasteiger partial charge in [0.1, 0.15) is 6.04 Å². The Bertz CT molecular complexity index is 778. The first-order valence-electron chi connectivity index (χ1n) is 9.77. The summed E-state index contributed by atoms with van der Waals surface area (Å²) in [5, 5.41) is 9.46. The van der Waals surface area contributed by atoms with Gasteiger partial charge in [-0.15, -0.1) is 0 Å². The molecule has 1 aromatic rings. The maximum absolute atomic E-state index is 12.9. The van der Waals surface area contributed by atoms with Crippen molar-refractivity contribution in [1.82, 2.24) is 20.9 Å². The van der Waals surface area contributed by atoms with Crippen molar-refractivity contribution in [3.63, 3.8) is 0 Å². The van der Waals surface area contributed by atoms with Crippen LogP contribution < -0.4 is 16.0 Å². The summed E-state index contributed by atoms with van der Waals surface area (Å²) in [4.78, 5) is 38.1. The maximum atomic E-state index is 12.9. The highest BCUT2D eigenvalue weighted by Crippen LogP contribution is 2.30. The predicted octanol–water partition coefficient (Wildman–Crippen LogP) is 0.678. The molecule has 1 unspecified atom stereocenters. The number of fused-ring (bicyclic) bond motifs is 1. The fourth-order valence-electron chi connectivity index (χ4n) is 4.38. The molecular formula is C20H26N4O3. The Morgan fingerprint density at radius 3 is 2.85 bits per heavy atom. The highest BCUT2D eigenvalue weighted by Gasteiger charge is 2.39. The minimum Gasteiger partial charge on any atom is -0.322 e. The molecule has 0 bridgehead atoms. The van der Waals surface area contributed by atoms with Gasteiger partial charge in [-0.25, -0.2) is 0 Å². The number of nitrogens with zero attached hydrogens (tertiary/aromatic N) is 1. The van der Waals surface area contributed by atoms with Crippen LogP contribution in [0.2, 0.25) is 0 Å². The smallest absolute Gasteiger partial charge is 0.255 e. The number of amides is 3.